The molecule has 3 rings (SSSR count). The molecule has 1 aromatic rings. The number of hydrogen-bond donors (Lipinski definition) is 0. The van der Waals surface area contributed by atoms with Crippen LogP contribution >= 0.6 is 0 Å². The van der Waals surface area contributed by atoms with Gasteiger partial charge in [0.25, 0.3) is 5.91 Å². The highest BCUT2D eigenvalue weighted by atomic mass is 19.1. The van der Waals surface area contributed by atoms with Crippen molar-refractivity contribution < 1.29 is 18.8 Å². The van der Waals surface area contributed by atoms with Crippen LogP contribution in [-0.2, 0) is 4.79 Å². The molecule has 1 aromatic carbocycles. The van der Waals surface area contributed by atoms with Crippen molar-refractivity contribution in [2.75, 3.05) is 26.2 Å². The van der Waals surface area contributed by atoms with Crippen LogP contribution < -0.4 is 0 Å². The van der Waals surface area contributed by atoms with Crippen LogP contribution in [0.1, 0.15) is 24.8 Å². The summed E-state index contributed by atoms with van der Waals surface area (Å²) < 4.78 is 12.9. The predicted octanol–water partition coefficient (Wildman–Crippen LogP) is 2.71. The number of piperidine rings is 1. The van der Waals surface area contributed by atoms with E-state index >= 15 is 0 Å². The summed E-state index contributed by atoms with van der Waals surface area (Å²) in [5.74, 6) is -0.840. The molecule has 0 atom stereocenters. The molecule has 0 spiro atoms. The number of halogens is 1. The monoisotopic (exact) mass is 345 g/mol. The first-order valence-electron chi connectivity index (χ1n) is 8.42. The Bertz CT molecular complexity index is 696. The molecule has 7 heteroatoms. The average Bonchev–Trinajstić information content (AvgIpc) is 3.02. The fraction of sp³-hybridized carbons (Fsp3) is 0.389. The van der Waals surface area contributed by atoms with Crippen LogP contribution in [0.2, 0.25) is 0 Å². The second-order valence-corrected chi connectivity index (χ2v) is 6.14. The van der Waals surface area contributed by atoms with Crippen molar-refractivity contribution in [2.24, 2.45) is 0 Å². The van der Waals surface area contributed by atoms with Crippen LogP contribution in [0.25, 0.3) is 6.08 Å². The standard InChI is InChI=1S/C18H20FN3O3/c19-15-7-4-14(5-8-15)6-9-16(23)21-12-13-22(18(21)25)17(24)20-10-2-1-3-11-20/h4-9H,1-3,10-13H2/b9-6+. The highest BCUT2D eigenvalue weighted by Crippen LogP contribution is 2.16. The van der Waals surface area contributed by atoms with E-state index in [1.165, 1.54) is 36.4 Å². The summed E-state index contributed by atoms with van der Waals surface area (Å²) in [6, 6.07) is 4.77. The van der Waals surface area contributed by atoms with Crippen molar-refractivity contribution in [3.63, 3.8) is 0 Å². The predicted molar refractivity (Wildman–Crippen MR) is 90.1 cm³/mol. The van der Waals surface area contributed by atoms with E-state index in [0.717, 1.165) is 29.1 Å². The number of carbonyl (C=O) groups is 3. The van der Waals surface area contributed by atoms with Gasteiger partial charge in [0.1, 0.15) is 5.82 Å². The minimum atomic E-state index is -0.579. The van der Waals surface area contributed by atoms with Crippen molar-refractivity contribution in [1.82, 2.24) is 14.7 Å². The Labute approximate surface area is 145 Å². The van der Waals surface area contributed by atoms with Gasteiger partial charge in [-0.25, -0.2) is 18.9 Å². The molecule has 5 amide bonds. The summed E-state index contributed by atoms with van der Waals surface area (Å²) in [5.41, 5.74) is 0.655. The van der Waals surface area contributed by atoms with Crippen molar-refractivity contribution in [2.45, 2.75) is 19.3 Å². The molecular formula is C18H20FN3O3. The van der Waals surface area contributed by atoms with Gasteiger partial charge in [-0.2, -0.15) is 0 Å². The van der Waals surface area contributed by atoms with Gasteiger partial charge in [-0.15, -0.1) is 0 Å². The average molecular weight is 345 g/mol. The molecule has 2 heterocycles. The Morgan fingerprint density at radius 2 is 1.56 bits per heavy atom. The third-order valence-electron chi connectivity index (χ3n) is 4.42. The zero-order chi connectivity index (χ0) is 17.8. The molecule has 2 aliphatic rings. The summed E-state index contributed by atoms with van der Waals surface area (Å²) >= 11 is 0. The molecular weight excluding hydrogens is 325 g/mol. The second kappa shape index (κ2) is 7.46. The smallest absolute Gasteiger partial charge is 0.324 e. The zero-order valence-corrected chi connectivity index (χ0v) is 13.9. The molecule has 0 saturated carbocycles. The molecule has 0 unspecified atom stereocenters. The van der Waals surface area contributed by atoms with Gasteiger partial charge >= 0.3 is 12.1 Å². The lowest BCUT2D eigenvalue weighted by atomic mass is 10.1. The van der Waals surface area contributed by atoms with E-state index < -0.39 is 11.9 Å². The summed E-state index contributed by atoms with van der Waals surface area (Å²) in [5, 5.41) is 0. The number of nitrogens with zero attached hydrogens (tertiary/aromatic N) is 3. The van der Waals surface area contributed by atoms with Crippen molar-refractivity contribution in [3.05, 3.63) is 41.7 Å². The fourth-order valence-corrected chi connectivity index (χ4v) is 3.01. The van der Waals surface area contributed by atoms with E-state index in [9.17, 15) is 18.8 Å². The van der Waals surface area contributed by atoms with Gasteiger partial charge in [0, 0.05) is 25.7 Å². The van der Waals surface area contributed by atoms with E-state index in [0.29, 0.717) is 18.7 Å². The van der Waals surface area contributed by atoms with E-state index in [-0.39, 0.29) is 24.9 Å². The Morgan fingerprint density at radius 3 is 2.24 bits per heavy atom. The first-order valence-corrected chi connectivity index (χ1v) is 8.42. The number of likely N-dealkylation sites (tertiary alicyclic amines) is 1. The van der Waals surface area contributed by atoms with E-state index in [1.54, 1.807) is 4.90 Å². The summed E-state index contributed by atoms with van der Waals surface area (Å²) in [6.45, 7) is 1.71. The van der Waals surface area contributed by atoms with Gasteiger partial charge in [-0.05, 0) is 43.0 Å². The number of amides is 5. The lowest BCUT2D eigenvalue weighted by Gasteiger charge is -2.29. The lowest BCUT2D eigenvalue weighted by Crippen LogP contribution is -2.47. The largest absolute Gasteiger partial charge is 0.335 e. The van der Waals surface area contributed by atoms with Crippen LogP contribution in [0, 0.1) is 5.82 Å². The first-order chi connectivity index (χ1) is 12.1. The Balaban J connectivity index is 1.61. The van der Waals surface area contributed by atoms with Crippen molar-refractivity contribution in [1.29, 1.82) is 0 Å². The molecule has 0 radical (unpaired) electrons. The van der Waals surface area contributed by atoms with E-state index in [4.69, 9.17) is 0 Å². The maximum Gasteiger partial charge on any atom is 0.335 e. The number of benzene rings is 1. The minimum absolute atomic E-state index is 0.186. The number of hydrogen-bond acceptors (Lipinski definition) is 3. The fourth-order valence-electron chi connectivity index (χ4n) is 3.01. The van der Waals surface area contributed by atoms with E-state index in [2.05, 4.69) is 0 Å². The maximum absolute atomic E-state index is 12.9. The van der Waals surface area contributed by atoms with E-state index in [1.807, 2.05) is 0 Å². The molecule has 2 aliphatic heterocycles. The molecule has 6 nitrogen and oxygen atoms in total. The summed E-state index contributed by atoms with van der Waals surface area (Å²) in [4.78, 5) is 40.9. The zero-order valence-electron chi connectivity index (χ0n) is 13.9. The highest BCUT2D eigenvalue weighted by molar-refractivity contribution is 6.07. The number of carbonyl (C=O) groups excluding carboxylic acids is 3. The minimum Gasteiger partial charge on any atom is -0.324 e. The number of imide groups is 2. The number of urea groups is 2. The maximum atomic E-state index is 12.9. The quantitative estimate of drug-likeness (QED) is 0.774. The molecule has 132 valence electrons. The molecule has 2 fully saturated rings. The molecule has 0 bridgehead atoms. The topological polar surface area (TPSA) is 60.9 Å². The van der Waals surface area contributed by atoms with Crippen LogP contribution in [0.15, 0.2) is 30.3 Å². The molecule has 2 saturated heterocycles. The molecule has 0 aliphatic carbocycles. The van der Waals surface area contributed by atoms with Gasteiger partial charge in [0.15, 0.2) is 0 Å². The Kier molecular flexibility index (Phi) is 5.11. The first kappa shape index (κ1) is 17.1. The normalized spacial score (nSPS) is 18.3. The Hall–Kier alpha value is -2.70. The lowest BCUT2D eigenvalue weighted by molar-refractivity contribution is -0.122. The van der Waals surface area contributed by atoms with Crippen LogP contribution in [0.5, 0.6) is 0 Å². The van der Waals surface area contributed by atoms with Crippen molar-refractivity contribution >= 4 is 24.0 Å². The Morgan fingerprint density at radius 1 is 0.920 bits per heavy atom. The highest BCUT2D eigenvalue weighted by Gasteiger charge is 2.38. The van der Waals surface area contributed by atoms with Gasteiger partial charge < -0.3 is 4.90 Å². The van der Waals surface area contributed by atoms with Gasteiger partial charge in [-0.1, -0.05) is 12.1 Å². The van der Waals surface area contributed by atoms with Gasteiger partial charge in [-0.3, -0.25) is 9.69 Å². The molecule has 0 aromatic heterocycles. The number of rotatable bonds is 2. The van der Waals surface area contributed by atoms with Crippen LogP contribution in [0.3, 0.4) is 0 Å². The van der Waals surface area contributed by atoms with Crippen LogP contribution in [0.4, 0.5) is 14.0 Å². The van der Waals surface area contributed by atoms with Crippen LogP contribution in [-0.4, -0.2) is 58.8 Å². The van der Waals surface area contributed by atoms with Gasteiger partial charge in [0.05, 0.1) is 6.54 Å². The summed E-state index contributed by atoms with van der Waals surface area (Å²) in [7, 11) is 0. The SMILES string of the molecule is O=C(/C=C/c1ccc(F)cc1)N1CCN(C(=O)N2CCCCC2)C1=O. The second-order valence-electron chi connectivity index (χ2n) is 6.14. The van der Waals surface area contributed by atoms with Gasteiger partial charge in [0.2, 0.25) is 0 Å². The third kappa shape index (κ3) is 3.87. The summed E-state index contributed by atoms with van der Waals surface area (Å²) in [6.07, 6.45) is 5.76. The molecule has 0 N–H and O–H groups in total. The van der Waals surface area contributed by atoms with Crippen molar-refractivity contribution in [3.8, 4) is 0 Å². The third-order valence-corrected chi connectivity index (χ3v) is 4.42. The molecule has 25 heavy (non-hydrogen) atoms.